The molecule has 2 nitrogen and oxygen atoms in total. The number of unbranched alkanes of at least 4 members (excludes halogenated alkanes) is 1. The van der Waals surface area contributed by atoms with Gasteiger partial charge in [0.1, 0.15) is 0 Å². The van der Waals surface area contributed by atoms with Crippen LogP contribution in [0.5, 0.6) is 0 Å². The quantitative estimate of drug-likeness (QED) is 0.715. The molecule has 0 bridgehead atoms. The lowest BCUT2D eigenvalue weighted by Gasteiger charge is -2.34. The highest BCUT2D eigenvalue weighted by molar-refractivity contribution is 5.77. The van der Waals surface area contributed by atoms with Crippen molar-refractivity contribution in [2.24, 2.45) is 11.8 Å². The lowest BCUT2D eigenvalue weighted by atomic mass is 9.81. The second kappa shape index (κ2) is 4.64. The summed E-state index contributed by atoms with van der Waals surface area (Å²) >= 11 is 0. The highest BCUT2D eigenvalue weighted by Crippen LogP contribution is 2.25. The summed E-state index contributed by atoms with van der Waals surface area (Å²) in [6.07, 6.45) is 4.30. The van der Waals surface area contributed by atoms with Crippen LogP contribution in [0.1, 0.15) is 46.5 Å². The zero-order valence-electron chi connectivity index (χ0n) is 8.97. The summed E-state index contributed by atoms with van der Waals surface area (Å²) in [5.41, 5.74) is 0. The van der Waals surface area contributed by atoms with E-state index < -0.39 is 0 Å². The Hall–Kier alpha value is -0.530. The summed E-state index contributed by atoms with van der Waals surface area (Å²) in [5, 5.41) is 3.09. The van der Waals surface area contributed by atoms with E-state index in [1.807, 2.05) is 0 Å². The van der Waals surface area contributed by atoms with Crippen LogP contribution in [0.25, 0.3) is 0 Å². The molecule has 0 saturated carbocycles. The van der Waals surface area contributed by atoms with Crippen LogP contribution in [0.3, 0.4) is 0 Å². The summed E-state index contributed by atoms with van der Waals surface area (Å²) < 4.78 is 0. The molecule has 0 radical (unpaired) electrons. The lowest BCUT2D eigenvalue weighted by Crippen LogP contribution is -2.47. The predicted molar refractivity (Wildman–Crippen MR) is 54.4 cm³/mol. The van der Waals surface area contributed by atoms with Gasteiger partial charge in [-0.15, -0.1) is 0 Å². The summed E-state index contributed by atoms with van der Waals surface area (Å²) in [6, 6.07) is 0.427. The Balaban J connectivity index is 2.45. The van der Waals surface area contributed by atoms with Crippen LogP contribution >= 0.6 is 0 Å². The zero-order valence-corrected chi connectivity index (χ0v) is 8.97. The van der Waals surface area contributed by atoms with Gasteiger partial charge < -0.3 is 5.32 Å². The van der Waals surface area contributed by atoms with E-state index in [2.05, 4.69) is 26.1 Å². The van der Waals surface area contributed by atoms with Crippen LogP contribution in [-0.2, 0) is 4.79 Å². The van der Waals surface area contributed by atoms with E-state index in [1.165, 1.54) is 12.8 Å². The van der Waals surface area contributed by atoms with Crippen LogP contribution in [0, 0.1) is 11.8 Å². The Kier molecular flexibility index (Phi) is 3.76. The minimum atomic E-state index is 0.242. The number of carbonyl (C=O) groups is 1. The Morgan fingerprint density at radius 3 is 2.77 bits per heavy atom. The maximum absolute atomic E-state index is 11.3. The zero-order chi connectivity index (χ0) is 9.84. The molecule has 0 spiro atoms. The number of nitrogens with one attached hydrogen (secondary N) is 1. The van der Waals surface area contributed by atoms with E-state index >= 15 is 0 Å². The van der Waals surface area contributed by atoms with Crippen molar-refractivity contribution in [2.45, 2.75) is 52.5 Å². The van der Waals surface area contributed by atoms with Gasteiger partial charge in [0, 0.05) is 12.5 Å². The number of hydrogen-bond donors (Lipinski definition) is 1. The second-order valence-corrected chi connectivity index (χ2v) is 4.36. The molecule has 0 unspecified atom stereocenters. The number of hydrogen-bond acceptors (Lipinski definition) is 1. The molecule has 0 aromatic heterocycles. The normalized spacial score (nSPS) is 34.4. The average Bonchev–Trinajstić information content (AvgIpc) is 2.09. The largest absolute Gasteiger partial charge is 0.353 e. The number of rotatable bonds is 3. The first-order chi connectivity index (χ1) is 6.15. The Morgan fingerprint density at radius 1 is 1.46 bits per heavy atom. The molecular formula is C11H21NO. The first-order valence-corrected chi connectivity index (χ1v) is 5.44. The van der Waals surface area contributed by atoms with E-state index in [4.69, 9.17) is 0 Å². The third-order valence-electron chi connectivity index (χ3n) is 3.25. The van der Waals surface area contributed by atoms with Crippen LogP contribution < -0.4 is 5.32 Å². The van der Waals surface area contributed by atoms with Crippen molar-refractivity contribution in [1.82, 2.24) is 5.32 Å². The molecule has 1 rings (SSSR count). The first-order valence-electron chi connectivity index (χ1n) is 5.44. The lowest BCUT2D eigenvalue weighted by molar-refractivity contribution is -0.126. The van der Waals surface area contributed by atoms with Gasteiger partial charge in [0.15, 0.2) is 0 Å². The smallest absolute Gasteiger partial charge is 0.220 e. The number of piperidine rings is 1. The highest BCUT2D eigenvalue weighted by atomic mass is 16.1. The van der Waals surface area contributed by atoms with Gasteiger partial charge in [0.05, 0.1) is 0 Å². The van der Waals surface area contributed by atoms with Crippen molar-refractivity contribution in [2.75, 3.05) is 0 Å². The van der Waals surface area contributed by atoms with E-state index in [0.29, 0.717) is 24.3 Å². The van der Waals surface area contributed by atoms with Crippen molar-refractivity contribution >= 4 is 5.91 Å². The fraction of sp³-hybridized carbons (Fsp3) is 0.909. The van der Waals surface area contributed by atoms with Gasteiger partial charge in [-0.2, -0.15) is 0 Å². The first kappa shape index (κ1) is 10.6. The molecule has 1 heterocycles. The Morgan fingerprint density at radius 2 is 2.15 bits per heavy atom. The molecule has 0 aromatic carbocycles. The maximum Gasteiger partial charge on any atom is 0.220 e. The number of amides is 1. The minimum Gasteiger partial charge on any atom is -0.353 e. The molecule has 1 saturated heterocycles. The van der Waals surface area contributed by atoms with Crippen LogP contribution in [0.4, 0.5) is 0 Å². The maximum atomic E-state index is 11.3. The monoisotopic (exact) mass is 183 g/mol. The third-order valence-corrected chi connectivity index (χ3v) is 3.25. The number of carbonyl (C=O) groups excluding carboxylic acids is 1. The highest BCUT2D eigenvalue weighted by Gasteiger charge is 2.30. The van der Waals surface area contributed by atoms with E-state index in [0.717, 1.165) is 6.42 Å². The van der Waals surface area contributed by atoms with E-state index in [1.54, 1.807) is 0 Å². The van der Waals surface area contributed by atoms with Gasteiger partial charge in [-0.1, -0.05) is 33.6 Å². The minimum absolute atomic E-state index is 0.242. The van der Waals surface area contributed by atoms with Gasteiger partial charge in [0.2, 0.25) is 5.91 Å². The summed E-state index contributed by atoms with van der Waals surface area (Å²) in [5.74, 6) is 1.44. The molecule has 1 aliphatic rings. The van der Waals surface area contributed by atoms with E-state index in [9.17, 15) is 4.79 Å². The standard InChI is InChI=1S/C11H21NO/c1-4-5-6-10-9(3)8(2)7-11(13)12-10/h8-10H,4-7H2,1-3H3,(H,12,13)/t8-,9-,10-/m0/s1. The molecule has 1 fully saturated rings. The molecule has 0 aliphatic carbocycles. The van der Waals surface area contributed by atoms with Gasteiger partial charge in [-0.05, 0) is 18.3 Å². The summed E-state index contributed by atoms with van der Waals surface area (Å²) in [6.45, 7) is 6.63. The molecular weight excluding hydrogens is 162 g/mol. The molecule has 3 atom stereocenters. The van der Waals surface area contributed by atoms with Crippen LogP contribution in [0.2, 0.25) is 0 Å². The predicted octanol–water partition coefficient (Wildman–Crippen LogP) is 2.34. The second-order valence-electron chi connectivity index (χ2n) is 4.36. The third kappa shape index (κ3) is 2.71. The molecule has 0 aromatic rings. The average molecular weight is 183 g/mol. The molecule has 13 heavy (non-hydrogen) atoms. The fourth-order valence-electron chi connectivity index (χ4n) is 2.03. The molecule has 1 N–H and O–H groups in total. The van der Waals surface area contributed by atoms with E-state index in [-0.39, 0.29) is 5.91 Å². The van der Waals surface area contributed by atoms with Crippen molar-refractivity contribution < 1.29 is 4.79 Å². The van der Waals surface area contributed by atoms with Gasteiger partial charge in [0.25, 0.3) is 0 Å². The molecule has 1 aliphatic heterocycles. The van der Waals surface area contributed by atoms with Crippen LogP contribution in [0.15, 0.2) is 0 Å². The van der Waals surface area contributed by atoms with Gasteiger partial charge in [-0.3, -0.25) is 4.79 Å². The Bertz CT molecular complexity index is 179. The van der Waals surface area contributed by atoms with Gasteiger partial charge in [-0.25, -0.2) is 0 Å². The van der Waals surface area contributed by atoms with Crippen molar-refractivity contribution in [3.63, 3.8) is 0 Å². The van der Waals surface area contributed by atoms with Crippen molar-refractivity contribution in [1.29, 1.82) is 0 Å². The summed E-state index contributed by atoms with van der Waals surface area (Å²) in [7, 11) is 0. The molecule has 2 heteroatoms. The Labute approximate surface area is 81.1 Å². The fourth-order valence-corrected chi connectivity index (χ4v) is 2.03. The topological polar surface area (TPSA) is 29.1 Å². The molecule has 76 valence electrons. The van der Waals surface area contributed by atoms with Crippen LogP contribution in [-0.4, -0.2) is 11.9 Å². The SMILES string of the molecule is CCCC[C@@H]1NC(=O)C[C@H](C)[C@@H]1C. The van der Waals surface area contributed by atoms with Crippen molar-refractivity contribution in [3.05, 3.63) is 0 Å². The molecule has 1 amide bonds. The van der Waals surface area contributed by atoms with Crippen molar-refractivity contribution in [3.8, 4) is 0 Å². The summed E-state index contributed by atoms with van der Waals surface area (Å²) in [4.78, 5) is 11.3. The van der Waals surface area contributed by atoms with Gasteiger partial charge >= 0.3 is 0 Å².